The minimum absolute atomic E-state index is 0.00720. The maximum atomic E-state index is 12.9. The zero-order chi connectivity index (χ0) is 20.1. The van der Waals surface area contributed by atoms with E-state index in [0.717, 1.165) is 17.7 Å². The van der Waals surface area contributed by atoms with Gasteiger partial charge in [0, 0.05) is 18.8 Å². The number of nitrogens with zero attached hydrogens (tertiary/aromatic N) is 2. The monoisotopic (exact) mass is 382 g/mol. The molecule has 1 amide bonds. The number of aliphatic hydroxyl groups excluding tert-OH is 1. The first-order chi connectivity index (χ1) is 13.4. The molecule has 1 aromatic carbocycles. The Morgan fingerprint density at radius 2 is 1.93 bits per heavy atom. The summed E-state index contributed by atoms with van der Waals surface area (Å²) in [6.07, 6.45) is 0.933. The van der Waals surface area contributed by atoms with Crippen LogP contribution in [0.15, 0.2) is 48.5 Å². The second-order valence-electron chi connectivity index (χ2n) is 7.50. The second-order valence-corrected chi connectivity index (χ2v) is 7.50. The first-order valence-electron chi connectivity index (χ1n) is 9.61. The van der Waals surface area contributed by atoms with Gasteiger partial charge in [-0.15, -0.1) is 0 Å². The van der Waals surface area contributed by atoms with Gasteiger partial charge in [-0.25, -0.2) is 4.98 Å². The molecule has 0 bridgehead atoms. The van der Waals surface area contributed by atoms with Crippen LogP contribution in [0, 0.1) is 12.3 Å². The molecule has 3 rings (SSSR count). The number of carboxylic acid groups (broad SMARTS) is 1. The van der Waals surface area contributed by atoms with Gasteiger partial charge in [-0.2, -0.15) is 0 Å². The third kappa shape index (κ3) is 4.22. The van der Waals surface area contributed by atoms with E-state index in [0.29, 0.717) is 25.1 Å². The Morgan fingerprint density at radius 3 is 2.61 bits per heavy atom. The van der Waals surface area contributed by atoms with E-state index in [1.807, 2.05) is 43.3 Å². The van der Waals surface area contributed by atoms with E-state index < -0.39 is 17.5 Å². The number of aliphatic carboxylic acids is 1. The third-order valence-electron chi connectivity index (χ3n) is 5.54. The average Bonchev–Trinajstić information content (AvgIpc) is 2.69. The normalized spacial score (nSPS) is 22.1. The molecule has 2 aromatic rings. The average molecular weight is 382 g/mol. The molecular formula is C22H26N2O4. The standard InChI is InChI=1S/C22H26N2O4/c1-16-7-5-11-18(23-16)20(26)24-14-12-19(25)22(15-24,21(27)28)13-6-10-17-8-3-2-4-9-17/h2-5,7-9,11,19,25H,6,10,12-15H2,1H3,(H,27,28)/t19-,22-/m1/s1. The van der Waals surface area contributed by atoms with Gasteiger partial charge in [-0.05, 0) is 50.3 Å². The smallest absolute Gasteiger partial charge is 0.314 e. The molecule has 0 aliphatic carbocycles. The van der Waals surface area contributed by atoms with Crippen molar-refractivity contribution in [2.45, 2.75) is 38.7 Å². The van der Waals surface area contributed by atoms with Gasteiger partial charge in [-0.1, -0.05) is 36.4 Å². The lowest BCUT2D eigenvalue weighted by Crippen LogP contribution is -2.57. The quantitative estimate of drug-likeness (QED) is 0.802. The molecule has 2 heterocycles. The van der Waals surface area contributed by atoms with Gasteiger partial charge in [0.15, 0.2) is 0 Å². The molecular weight excluding hydrogens is 356 g/mol. The van der Waals surface area contributed by atoms with Gasteiger partial charge in [0.2, 0.25) is 0 Å². The molecule has 2 N–H and O–H groups in total. The number of aryl methyl sites for hydroxylation is 2. The van der Waals surface area contributed by atoms with Crippen molar-refractivity contribution in [2.24, 2.45) is 5.41 Å². The van der Waals surface area contributed by atoms with E-state index in [1.54, 1.807) is 12.1 Å². The maximum Gasteiger partial charge on any atom is 0.314 e. The highest BCUT2D eigenvalue weighted by Crippen LogP contribution is 2.36. The van der Waals surface area contributed by atoms with Crippen molar-refractivity contribution >= 4 is 11.9 Å². The zero-order valence-electron chi connectivity index (χ0n) is 16.0. The summed E-state index contributed by atoms with van der Waals surface area (Å²) >= 11 is 0. The largest absolute Gasteiger partial charge is 0.481 e. The van der Waals surface area contributed by atoms with Crippen LogP contribution in [0.3, 0.4) is 0 Å². The van der Waals surface area contributed by atoms with E-state index in [4.69, 9.17) is 0 Å². The minimum Gasteiger partial charge on any atom is -0.481 e. The molecule has 6 nitrogen and oxygen atoms in total. The predicted molar refractivity (Wildman–Crippen MR) is 105 cm³/mol. The number of carboxylic acids is 1. The van der Waals surface area contributed by atoms with Crippen molar-refractivity contribution in [1.29, 1.82) is 0 Å². The first kappa shape index (κ1) is 20.0. The maximum absolute atomic E-state index is 12.9. The molecule has 1 fully saturated rings. The van der Waals surface area contributed by atoms with Crippen molar-refractivity contribution < 1.29 is 19.8 Å². The van der Waals surface area contributed by atoms with Gasteiger partial charge in [0.1, 0.15) is 11.1 Å². The van der Waals surface area contributed by atoms with Crippen LogP contribution in [-0.4, -0.2) is 51.2 Å². The Morgan fingerprint density at radius 1 is 1.18 bits per heavy atom. The number of likely N-dealkylation sites (tertiary alicyclic amines) is 1. The third-order valence-corrected chi connectivity index (χ3v) is 5.54. The van der Waals surface area contributed by atoms with Crippen LogP contribution in [0.4, 0.5) is 0 Å². The van der Waals surface area contributed by atoms with Crippen LogP contribution < -0.4 is 0 Å². The number of aliphatic hydroxyl groups is 1. The number of amides is 1. The fourth-order valence-electron chi connectivity index (χ4n) is 3.89. The molecule has 1 aliphatic heterocycles. The Hall–Kier alpha value is -2.73. The molecule has 0 spiro atoms. The molecule has 0 saturated carbocycles. The van der Waals surface area contributed by atoms with E-state index in [9.17, 15) is 19.8 Å². The van der Waals surface area contributed by atoms with Crippen molar-refractivity contribution in [1.82, 2.24) is 9.88 Å². The number of carbonyl (C=O) groups is 2. The van der Waals surface area contributed by atoms with Gasteiger partial charge in [0.05, 0.1) is 6.10 Å². The van der Waals surface area contributed by atoms with Crippen LogP contribution in [0.1, 0.15) is 41.0 Å². The second kappa shape index (κ2) is 8.52. The molecule has 1 saturated heterocycles. The summed E-state index contributed by atoms with van der Waals surface area (Å²) in [5, 5.41) is 20.5. The summed E-state index contributed by atoms with van der Waals surface area (Å²) in [5.41, 5.74) is 0.812. The Labute approximate surface area is 164 Å². The Kier molecular flexibility index (Phi) is 6.09. The Balaban J connectivity index is 1.75. The summed E-state index contributed by atoms with van der Waals surface area (Å²) in [6, 6.07) is 15.1. The summed E-state index contributed by atoms with van der Waals surface area (Å²) in [4.78, 5) is 30.8. The number of hydrogen-bond donors (Lipinski definition) is 2. The summed E-state index contributed by atoms with van der Waals surface area (Å²) in [6.45, 7) is 2.12. The number of benzene rings is 1. The lowest BCUT2D eigenvalue weighted by Gasteiger charge is -2.43. The number of piperidine rings is 1. The first-order valence-corrected chi connectivity index (χ1v) is 9.61. The van der Waals surface area contributed by atoms with Crippen LogP contribution >= 0.6 is 0 Å². The van der Waals surface area contributed by atoms with Gasteiger partial charge < -0.3 is 15.1 Å². The molecule has 1 aliphatic rings. The molecule has 2 atom stereocenters. The molecule has 0 radical (unpaired) electrons. The summed E-state index contributed by atoms with van der Waals surface area (Å²) in [7, 11) is 0. The topological polar surface area (TPSA) is 90.7 Å². The molecule has 148 valence electrons. The van der Waals surface area contributed by atoms with E-state index in [-0.39, 0.29) is 18.9 Å². The van der Waals surface area contributed by atoms with Gasteiger partial charge >= 0.3 is 5.97 Å². The highest BCUT2D eigenvalue weighted by molar-refractivity contribution is 5.93. The van der Waals surface area contributed by atoms with Crippen molar-refractivity contribution in [3.63, 3.8) is 0 Å². The number of aromatic nitrogens is 1. The lowest BCUT2D eigenvalue weighted by atomic mass is 9.73. The summed E-state index contributed by atoms with van der Waals surface area (Å²) < 4.78 is 0. The lowest BCUT2D eigenvalue weighted by molar-refractivity contribution is -0.162. The predicted octanol–water partition coefficient (Wildman–Crippen LogP) is 2.69. The molecule has 0 unspecified atom stereocenters. The van der Waals surface area contributed by atoms with Crippen molar-refractivity contribution in [3.05, 3.63) is 65.5 Å². The number of carbonyl (C=O) groups excluding carboxylic acids is 1. The van der Waals surface area contributed by atoms with E-state index in [2.05, 4.69) is 4.98 Å². The highest BCUT2D eigenvalue weighted by atomic mass is 16.4. The molecule has 1 aromatic heterocycles. The van der Waals surface area contributed by atoms with Gasteiger partial charge in [-0.3, -0.25) is 9.59 Å². The fourth-order valence-corrected chi connectivity index (χ4v) is 3.89. The van der Waals surface area contributed by atoms with Crippen LogP contribution in [0.5, 0.6) is 0 Å². The SMILES string of the molecule is Cc1cccc(C(=O)N2CC[C@@H](O)[C@](CCCc3ccccc3)(C(=O)O)C2)n1. The minimum atomic E-state index is -1.35. The number of hydrogen-bond acceptors (Lipinski definition) is 4. The number of rotatable bonds is 6. The van der Waals surface area contributed by atoms with Crippen LogP contribution in [-0.2, 0) is 11.2 Å². The van der Waals surface area contributed by atoms with E-state index >= 15 is 0 Å². The van der Waals surface area contributed by atoms with Crippen molar-refractivity contribution in [3.8, 4) is 0 Å². The number of pyridine rings is 1. The van der Waals surface area contributed by atoms with Crippen LogP contribution in [0.2, 0.25) is 0 Å². The van der Waals surface area contributed by atoms with Crippen LogP contribution in [0.25, 0.3) is 0 Å². The van der Waals surface area contributed by atoms with Crippen molar-refractivity contribution in [2.75, 3.05) is 13.1 Å². The molecule has 6 heteroatoms. The molecule has 28 heavy (non-hydrogen) atoms. The summed E-state index contributed by atoms with van der Waals surface area (Å²) in [5.74, 6) is -1.34. The Bertz CT molecular complexity index is 839. The zero-order valence-corrected chi connectivity index (χ0v) is 16.0. The highest BCUT2D eigenvalue weighted by Gasteiger charge is 2.49. The fraction of sp³-hybridized carbons (Fsp3) is 0.409. The van der Waals surface area contributed by atoms with E-state index in [1.165, 1.54) is 4.90 Å². The van der Waals surface area contributed by atoms with Gasteiger partial charge in [0.25, 0.3) is 5.91 Å².